The standard InChI is InChI=1S/C14H17Cl2N3O2/c15-9-5-6-11(12(16)7-9)14(20)19(8-13(17)18-21)10-3-1-2-4-10/h5-7,10,21H,1-4,8H2,(H2,17,18). The first-order valence-electron chi connectivity index (χ1n) is 6.75. The number of amides is 1. The van der Waals surface area contributed by atoms with Gasteiger partial charge in [0.05, 0.1) is 17.1 Å². The Hall–Kier alpha value is -1.46. The third-order valence-corrected chi connectivity index (χ3v) is 4.20. The maximum Gasteiger partial charge on any atom is 0.256 e. The quantitative estimate of drug-likeness (QED) is 0.385. The minimum absolute atomic E-state index is 0.000311. The van der Waals surface area contributed by atoms with Gasteiger partial charge in [0.2, 0.25) is 0 Å². The van der Waals surface area contributed by atoms with Gasteiger partial charge in [-0.15, -0.1) is 0 Å². The van der Waals surface area contributed by atoms with Gasteiger partial charge >= 0.3 is 0 Å². The maximum atomic E-state index is 12.7. The Morgan fingerprint density at radius 2 is 2.05 bits per heavy atom. The van der Waals surface area contributed by atoms with Crippen molar-refractivity contribution in [2.45, 2.75) is 31.7 Å². The van der Waals surface area contributed by atoms with Crippen LogP contribution in [0.3, 0.4) is 0 Å². The lowest BCUT2D eigenvalue weighted by Crippen LogP contribution is -2.44. The monoisotopic (exact) mass is 329 g/mol. The number of halogens is 2. The number of benzene rings is 1. The predicted octanol–water partition coefficient (Wildman–Crippen LogP) is 3.12. The third-order valence-electron chi connectivity index (χ3n) is 3.65. The normalized spacial score (nSPS) is 16.2. The van der Waals surface area contributed by atoms with Gasteiger partial charge in [-0.3, -0.25) is 4.79 Å². The van der Waals surface area contributed by atoms with Crippen LogP contribution >= 0.6 is 23.2 Å². The van der Waals surface area contributed by atoms with E-state index in [0.717, 1.165) is 25.7 Å². The SMILES string of the molecule is NC(CN(C(=O)c1ccc(Cl)cc1Cl)C1CCCC1)=NO. The molecule has 0 aliphatic heterocycles. The van der Waals surface area contributed by atoms with Crippen LogP contribution in [0.4, 0.5) is 0 Å². The first-order chi connectivity index (χ1) is 10.0. The molecule has 114 valence electrons. The van der Waals surface area contributed by atoms with Crippen LogP contribution < -0.4 is 5.73 Å². The van der Waals surface area contributed by atoms with Gasteiger partial charge in [0.15, 0.2) is 5.84 Å². The first kappa shape index (κ1) is 15.9. The van der Waals surface area contributed by atoms with Crippen LogP contribution in [0.15, 0.2) is 23.4 Å². The summed E-state index contributed by atoms with van der Waals surface area (Å²) in [5, 5.41) is 12.5. The number of hydrogen-bond acceptors (Lipinski definition) is 3. The zero-order chi connectivity index (χ0) is 15.4. The van der Waals surface area contributed by atoms with Gasteiger partial charge in [-0.1, -0.05) is 41.2 Å². The average molecular weight is 330 g/mol. The molecule has 2 rings (SSSR count). The van der Waals surface area contributed by atoms with Crippen LogP contribution in [0.1, 0.15) is 36.0 Å². The van der Waals surface area contributed by atoms with E-state index < -0.39 is 0 Å². The third kappa shape index (κ3) is 3.80. The number of nitrogens with zero attached hydrogens (tertiary/aromatic N) is 2. The summed E-state index contributed by atoms with van der Waals surface area (Å²) in [5.41, 5.74) is 5.95. The van der Waals surface area contributed by atoms with E-state index in [2.05, 4.69) is 5.16 Å². The molecule has 0 radical (unpaired) electrons. The smallest absolute Gasteiger partial charge is 0.256 e. The second kappa shape index (κ2) is 7.00. The van der Waals surface area contributed by atoms with E-state index in [1.807, 2.05) is 0 Å². The highest BCUT2D eigenvalue weighted by molar-refractivity contribution is 6.36. The Bertz CT molecular complexity index is 557. The fourth-order valence-electron chi connectivity index (χ4n) is 2.61. The van der Waals surface area contributed by atoms with Gasteiger partial charge in [-0.05, 0) is 31.0 Å². The molecule has 0 heterocycles. The highest BCUT2D eigenvalue weighted by Gasteiger charge is 2.29. The van der Waals surface area contributed by atoms with E-state index in [9.17, 15) is 4.79 Å². The van der Waals surface area contributed by atoms with Crippen molar-refractivity contribution in [3.63, 3.8) is 0 Å². The van der Waals surface area contributed by atoms with Crippen LogP contribution in [0.25, 0.3) is 0 Å². The van der Waals surface area contributed by atoms with Gasteiger partial charge in [0, 0.05) is 11.1 Å². The largest absolute Gasteiger partial charge is 0.409 e. The van der Waals surface area contributed by atoms with Gasteiger partial charge in [0.1, 0.15) is 0 Å². The lowest BCUT2D eigenvalue weighted by atomic mass is 10.1. The van der Waals surface area contributed by atoms with E-state index in [0.29, 0.717) is 15.6 Å². The van der Waals surface area contributed by atoms with Gasteiger partial charge in [0.25, 0.3) is 5.91 Å². The minimum Gasteiger partial charge on any atom is -0.409 e. The highest BCUT2D eigenvalue weighted by atomic mass is 35.5. The molecule has 1 aliphatic carbocycles. The lowest BCUT2D eigenvalue weighted by molar-refractivity contribution is 0.0712. The van der Waals surface area contributed by atoms with Gasteiger partial charge in [-0.2, -0.15) is 0 Å². The number of nitrogens with two attached hydrogens (primary N) is 1. The molecule has 7 heteroatoms. The van der Waals surface area contributed by atoms with Crippen molar-refractivity contribution in [1.82, 2.24) is 4.90 Å². The van der Waals surface area contributed by atoms with Gasteiger partial charge in [-0.25, -0.2) is 0 Å². The summed E-state index contributed by atoms with van der Waals surface area (Å²) >= 11 is 12.0. The predicted molar refractivity (Wildman–Crippen MR) is 83.2 cm³/mol. The average Bonchev–Trinajstić information content (AvgIpc) is 2.97. The molecular formula is C14H17Cl2N3O2. The Labute approximate surface area is 133 Å². The van der Waals surface area contributed by atoms with Crippen molar-refractivity contribution in [2.24, 2.45) is 10.9 Å². The molecule has 0 unspecified atom stereocenters. The maximum absolute atomic E-state index is 12.7. The summed E-state index contributed by atoms with van der Waals surface area (Å²) in [6, 6.07) is 4.84. The summed E-state index contributed by atoms with van der Waals surface area (Å²) in [6.45, 7) is 0.0823. The summed E-state index contributed by atoms with van der Waals surface area (Å²) in [4.78, 5) is 14.3. The number of oxime groups is 1. The molecule has 3 N–H and O–H groups in total. The number of carbonyl (C=O) groups excluding carboxylic acids is 1. The Kier molecular flexibility index (Phi) is 5.31. The molecule has 1 aliphatic rings. The van der Waals surface area contributed by atoms with Crippen LogP contribution in [0, 0.1) is 0 Å². The lowest BCUT2D eigenvalue weighted by Gasteiger charge is -2.28. The number of carbonyl (C=O) groups is 1. The molecule has 1 saturated carbocycles. The van der Waals surface area contributed by atoms with Crippen LogP contribution in [0.2, 0.25) is 10.0 Å². The van der Waals surface area contributed by atoms with E-state index in [1.165, 1.54) is 6.07 Å². The molecule has 0 saturated heterocycles. The van der Waals surface area contributed by atoms with Crippen molar-refractivity contribution in [3.05, 3.63) is 33.8 Å². The van der Waals surface area contributed by atoms with Gasteiger partial charge < -0.3 is 15.8 Å². The molecule has 0 spiro atoms. The number of amidine groups is 1. The zero-order valence-corrected chi connectivity index (χ0v) is 12.9. The van der Waals surface area contributed by atoms with Crippen molar-refractivity contribution < 1.29 is 10.0 Å². The zero-order valence-electron chi connectivity index (χ0n) is 11.4. The molecule has 1 aromatic carbocycles. The van der Waals surface area contributed by atoms with Crippen LogP contribution in [-0.2, 0) is 0 Å². The fourth-order valence-corrected chi connectivity index (χ4v) is 3.10. The number of rotatable bonds is 4. The van der Waals surface area contributed by atoms with Crippen molar-refractivity contribution in [3.8, 4) is 0 Å². The molecule has 1 fully saturated rings. The molecule has 0 aromatic heterocycles. The van der Waals surface area contributed by atoms with Crippen molar-refractivity contribution >= 4 is 34.9 Å². The topological polar surface area (TPSA) is 78.9 Å². The Morgan fingerprint density at radius 1 is 1.38 bits per heavy atom. The van der Waals surface area contributed by atoms with Crippen LogP contribution in [0.5, 0.6) is 0 Å². The summed E-state index contributed by atoms with van der Waals surface area (Å²) in [7, 11) is 0. The molecule has 21 heavy (non-hydrogen) atoms. The molecule has 1 aromatic rings. The highest BCUT2D eigenvalue weighted by Crippen LogP contribution is 2.27. The van der Waals surface area contributed by atoms with Crippen molar-refractivity contribution in [2.75, 3.05) is 6.54 Å². The van der Waals surface area contributed by atoms with E-state index in [-0.39, 0.29) is 24.3 Å². The van der Waals surface area contributed by atoms with Crippen molar-refractivity contribution in [1.29, 1.82) is 0 Å². The second-order valence-corrected chi connectivity index (χ2v) is 5.93. The van der Waals surface area contributed by atoms with E-state index >= 15 is 0 Å². The second-order valence-electron chi connectivity index (χ2n) is 5.09. The fraction of sp³-hybridized carbons (Fsp3) is 0.429. The Morgan fingerprint density at radius 3 is 2.62 bits per heavy atom. The minimum atomic E-state index is -0.227. The summed E-state index contributed by atoms with van der Waals surface area (Å²) in [5.74, 6) is -0.226. The summed E-state index contributed by atoms with van der Waals surface area (Å²) < 4.78 is 0. The molecule has 1 amide bonds. The van der Waals surface area contributed by atoms with E-state index in [4.69, 9.17) is 34.1 Å². The molecule has 5 nitrogen and oxygen atoms in total. The molecular weight excluding hydrogens is 313 g/mol. The summed E-state index contributed by atoms with van der Waals surface area (Å²) in [6.07, 6.45) is 3.96. The number of hydrogen-bond donors (Lipinski definition) is 2. The van der Waals surface area contributed by atoms with Crippen LogP contribution in [-0.4, -0.2) is 34.4 Å². The Balaban J connectivity index is 2.28. The van der Waals surface area contributed by atoms with E-state index in [1.54, 1.807) is 17.0 Å². The molecule has 0 atom stereocenters. The molecule has 0 bridgehead atoms. The first-order valence-corrected chi connectivity index (χ1v) is 7.51.